The average molecular weight is 506 g/mol. The van der Waals surface area contributed by atoms with Gasteiger partial charge in [0.1, 0.15) is 17.6 Å². The second-order valence-corrected chi connectivity index (χ2v) is 8.52. The monoisotopic (exact) mass is 506 g/mol. The smallest absolute Gasteiger partial charge is 0.416 e. The van der Waals surface area contributed by atoms with Gasteiger partial charge in [0.2, 0.25) is 5.91 Å². The van der Waals surface area contributed by atoms with Crippen molar-refractivity contribution in [3.63, 3.8) is 0 Å². The summed E-state index contributed by atoms with van der Waals surface area (Å²) >= 11 is 0. The number of hydrogen-bond donors (Lipinski definition) is 3. The van der Waals surface area contributed by atoms with E-state index in [4.69, 9.17) is 0 Å². The number of para-hydroxylation sites is 1. The molecule has 2 amide bonds. The van der Waals surface area contributed by atoms with Crippen molar-refractivity contribution in [1.82, 2.24) is 20.6 Å². The summed E-state index contributed by atoms with van der Waals surface area (Å²) in [6.45, 7) is 0. The number of ether oxygens (including phenoxy) is 1. The second-order valence-electron chi connectivity index (χ2n) is 8.52. The number of nitrogens with zero attached hydrogens (tertiary/aromatic N) is 1. The molecule has 2 atom stereocenters. The molecule has 1 fully saturated rings. The predicted octanol–water partition coefficient (Wildman–Crippen LogP) is 3.65. The van der Waals surface area contributed by atoms with Crippen LogP contribution in [0.15, 0.2) is 42.7 Å². The maximum Gasteiger partial charge on any atom is 0.416 e. The number of rotatable bonds is 8. The fourth-order valence-electron chi connectivity index (χ4n) is 3.92. The van der Waals surface area contributed by atoms with E-state index in [1.807, 2.05) is 0 Å². The predicted molar refractivity (Wildman–Crippen MR) is 119 cm³/mol. The molecule has 0 aliphatic heterocycles. The highest BCUT2D eigenvalue weighted by molar-refractivity contribution is 6.00. The number of esters is 1. The van der Waals surface area contributed by atoms with Gasteiger partial charge in [-0.2, -0.15) is 13.2 Å². The van der Waals surface area contributed by atoms with Crippen LogP contribution in [0.25, 0.3) is 10.9 Å². The molecule has 0 saturated heterocycles. The first kappa shape index (κ1) is 25.1. The highest BCUT2D eigenvalue weighted by Crippen LogP contribution is 2.36. The zero-order valence-corrected chi connectivity index (χ0v) is 19.0. The highest BCUT2D eigenvalue weighted by Gasteiger charge is 2.39. The third kappa shape index (κ3) is 5.47. The molecule has 0 spiro atoms. The van der Waals surface area contributed by atoms with E-state index < -0.39 is 53.0 Å². The van der Waals surface area contributed by atoms with Crippen molar-refractivity contribution in [1.29, 1.82) is 0 Å². The molecule has 8 nitrogen and oxygen atoms in total. The van der Waals surface area contributed by atoms with Gasteiger partial charge in [0.15, 0.2) is 6.04 Å². The molecule has 1 aliphatic rings. The van der Waals surface area contributed by atoms with Crippen LogP contribution in [0.5, 0.6) is 0 Å². The molecular weight excluding hydrogens is 484 g/mol. The summed E-state index contributed by atoms with van der Waals surface area (Å²) in [7, 11) is 0.976. The summed E-state index contributed by atoms with van der Waals surface area (Å²) < 4.78 is 59.3. The molecule has 3 N–H and O–H groups in total. The van der Waals surface area contributed by atoms with E-state index in [9.17, 15) is 31.9 Å². The number of halogens is 4. The molecule has 190 valence electrons. The Bertz CT molecular complexity index is 1300. The normalized spacial score (nSPS) is 15.2. The van der Waals surface area contributed by atoms with Crippen molar-refractivity contribution >= 4 is 28.7 Å². The minimum Gasteiger partial charge on any atom is -0.467 e. The van der Waals surface area contributed by atoms with Gasteiger partial charge in [0, 0.05) is 23.3 Å². The molecule has 0 bridgehead atoms. The Kier molecular flexibility index (Phi) is 6.95. The average Bonchev–Trinajstić information content (AvgIpc) is 3.55. The second kappa shape index (κ2) is 9.96. The van der Waals surface area contributed by atoms with Gasteiger partial charge in [-0.05, 0) is 30.5 Å². The van der Waals surface area contributed by atoms with Gasteiger partial charge < -0.3 is 20.4 Å². The molecule has 2 heterocycles. The van der Waals surface area contributed by atoms with E-state index in [0.29, 0.717) is 11.5 Å². The largest absolute Gasteiger partial charge is 0.467 e. The lowest BCUT2D eigenvalue weighted by Crippen LogP contribution is -2.49. The third-order valence-corrected chi connectivity index (χ3v) is 5.93. The number of carbonyl (C=O) groups is 3. The fraction of sp³-hybridized carbons (Fsp3) is 0.333. The number of aromatic amines is 1. The molecule has 1 aromatic carbocycles. The number of benzene rings is 1. The van der Waals surface area contributed by atoms with Gasteiger partial charge in [-0.25, -0.2) is 9.18 Å². The van der Waals surface area contributed by atoms with Crippen LogP contribution in [-0.2, 0) is 20.5 Å². The van der Waals surface area contributed by atoms with Gasteiger partial charge in [-0.1, -0.05) is 25.0 Å². The first-order chi connectivity index (χ1) is 17.1. The zero-order valence-electron chi connectivity index (χ0n) is 19.0. The Morgan fingerprint density at radius 1 is 1.19 bits per heavy atom. The SMILES string of the molecule is COC(=O)C(NC(=O)[C@H](CC1CC1)NC(=O)c1cc2cccc(F)c2[nH]1)c1cnccc1C(F)(F)F. The fourth-order valence-corrected chi connectivity index (χ4v) is 3.92. The molecule has 4 rings (SSSR count). The summed E-state index contributed by atoms with van der Waals surface area (Å²) in [6.07, 6.45) is -1.22. The van der Waals surface area contributed by atoms with Crippen molar-refractivity contribution in [3.8, 4) is 0 Å². The van der Waals surface area contributed by atoms with E-state index in [0.717, 1.165) is 32.3 Å². The van der Waals surface area contributed by atoms with Crippen LogP contribution in [0.1, 0.15) is 46.9 Å². The minimum absolute atomic E-state index is 0.000156. The molecule has 2 aromatic heterocycles. The molecule has 1 saturated carbocycles. The molecule has 12 heteroatoms. The topological polar surface area (TPSA) is 113 Å². The van der Waals surface area contributed by atoms with E-state index in [2.05, 4.69) is 25.3 Å². The summed E-state index contributed by atoms with van der Waals surface area (Å²) in [6, 6.07) is 3.44. The Labute approximate surface area is 202 Å². The number of aromatic nitrogens is 2. The van der Waals surface area contributed by atoms with Gasteiger partial charge in [0.05, 0.1) is 18.2 Å². The number of fused-ring (bicyclic) bond motifs is 1. The zero-order chi connectivity index (χ0) is 26.0. The molecule has 36 heavy (non-hydrogen) atoms. The van der Waals surface area contributed by atoms with Crippen molar-refractivity contribution in [2.45, 2.75) is 37.5 Å². The van der Waals surface area contributed by atoms with Crippen molar-refractivity contribution in [2.24, 2.45) is 5.92 Å². The summed E-state index contributed by atoms with van der Waals surface area (Å²) in [4.78, 5) is 44.8. The van der Waals surface area contributed by atoms with E-state index >= 15 is 0 Å². The van der Waals surface area contributed by atoms with Crippen LogP contribution in [-0.4, -0.2) is 40.9 Å². The molecule has 0 radical (unpaired) electrons. The molecule has 3 aromatic rings. The summed E-state index contributed by atoms with van der Waals surface area (Å²) in [5.41, 5.74) is -1.63. The lowest BCUT2D eigenvalue weighted by molar-refractivity contribution is -0.147. The molecular formula is C24H22F4N4O4. The maximum absolute atomic E-state index is 14.0. The number of alkyl halides is 3. The van der Waals surface area contributed by atoms with Crippen LogP contribution >= 0.6 is 0 Å². The van der Waals surface area contributed by atoms with Crippen LogP contribution in [0, 0.1) is 11.7 Å². The third-order valence-electron chi connectivity index (χ3n) is 5.93. The Morgan fingerprint density at radius 2 is 1.94 bits per heavy atom. The number of hydrogen-bond acceptors (Lipinski definition) is 5. The van der Waals surface area contributed by atoms with Crippen molar-refractivity contribution < 1.29 is 36.7 Å². The first-order valence-corrected chi connectivity index (χ1v) is 11.1. The van der Waals surface area contributed by atoms with Crippen LogP contribution in [0.2, 0.25) is 0 Å². The number of carbonyl (C=O) groups excluding carboxylic acids is 3. The van der Waals surface area contributed by atoms with Crippen LogP contribution in [0.3, 0.4) is 0 Å². The maximum atomic E-state index is 14.0. The quantitative estimate of drug-likeness (QED) is 0.319. The Hall–Kier alpha value is -3.96. The summed E-state index contributed by atoms with van der Waals surface area (Å²) in [5, 5.41) is 5.28. The van der Waals surface area contributed by atoms with Gasteiger partial charge >= 0.3 is 12.1 Å². The van der Waals surface area contributed by atoms with E-state index in [-0.39, 0.29) is 23.5 Å². The lowest BCUT2D eigenvalue weighted by Gasteiger charge is -2.24. The molecule has 1 aliphatic carbocycles. The van der Waals surface area contributed by atoms with Crippen molar-refractivity contribution in [3.05, 3.63) is 65.4 Å². The van der Waals surface area contributed by atoms with E-state index in [1.54, 1.807) is 6.07 Å². The van der Waals surface area contributed by atoms with Crippen LogP contribution in [0.4, 0.5) is 17.6 Å². The van der Waals surface area contributed by atoms with Crippen LogP contribution < -0.4 is 10.6 Å². The number of methoxy groups -OCH3 is 1. The van der Waals surface area contributed by atoms with Gasteiger partial charge in [-0.3, -0.25) is 14.6 Å². The minimum atomic E-state index is -4.82. The molecule has 1 unspecified atom stereocenters. The number of amides is 2. The lowest BCUT2D eigenvalue weighted by atomic mass is 10.0. The Morgan fingerprint density at radius 3 is 2.58 bits per heavy atom. The van der Waals surface area contributed by atoms with E-state index in [1.165, 1.54) is 18.2 Å². The van der Waals surface area contributed by atoms with Gasteiger partial charge in [-0.15, -0.1) is 0 Å². The number of nitrogens with one attached hydrogen (secondary N) is 3. The first-order valence-electron chi connectivity index (χ1n) is 11.1. The number of H-pyrrole nitrogens is 1. The summed E-state index contributed by atoms with van der Waals surface area (Å²) in [5.74, 6) is -3.15. The van der Waals surface area contributed by atoms with Crippen molar-refractivity contribution in [2.75, 3.05) is 7.11 Å². The number of pyridine rings is 1. The standard InChI is InChI=1S/C24H22F4N4O4/c1-36-23(35)20(14-11-29-8-7-15(14)24(26,27)28)32-22(34)17(9-12-5-6-12)31-21(33)18-10-13-3-2-4-16(25)19(13)30-18/h2-4,7-8,10-12,17,20,30H,5-6,9H2,1H3,(H,31,33)(H,32,34)/t17-,20?/m0/s1. The Balaban J connectivity index is 1.58. The highest BCUT2D eigenvalue weighted by atomic mass is 19.4. The van der Waals surface area contributed by atoms with Gasteiger partial charge in [0.25, 0.3) is 5.91 Å².